The van der Waals surface area contributed by atoms with Gasteiger partial charge in [-0.3, -0.25) is 9.59 Å². The van der Waals surface area contributed by atoms with Gasteiger partial charge in [0.15, 0.2) is 0 Å². The van der Waals surface area contributed by atoms with Crippen LogP contribution in [0.5, 0.6) is 0 Å². The van der Waals surface area contributed by atoms with Crippen LogP contribution in [0.1, 0.15) is 76.9 Å². The number of unbranched alkanes of at least 4 members (excludes halogenated alkanes) is 3. The third-order valence-electron chi connectivity index (χ3n) is 5.51. The highest BCUT2D eigenvalue weighted by molar-refractivity contribution is 5.85. The van der Waals surface area contributed by atoms with E-state index in [4.69, 9.17) is 9.15 Å². The quantitative estimate of drug-likeness (QED) is 0.285. The maximum absolute atomic E-state index is 12.8. The van der Waals surface area contributed by atoms with Crippen molar-refractivity contribution >= 4 is 11.9 Å². The Morgan fingerprint density at radius 1 is 1.31 bits per heavy atom. The Kier molecular flexibility index (Phi) is 8.95. The zero-order valence-corrected chi connectivity index (χ0v) is 18.8. The number of esters is 1. The Morgan fingerprint density at radius 3 is 2.62 bits per heavy atom. The van der Waals surface area contributed by atoms with E-state index < -0.39 is 23.5 Å². The van der Waals surface area contributed by atoms with Gasteiger partial charge in [-0.1, -0.05) is 38.8 Å². The number of furan rings is 1. The first kappa shape index (κ1) is 26.0. The van der Waals surface area contributed by atoms with Gasteiger partial charge < -0.3 is 19.2 Å². The number of hydrogen-bond acceptors (Lipinski definition) is 5. The van der Waals surface area contributed by atoms with Crippen LogP contribution in [-0.4, -0.2) is 41.1 Å². The molecule has 0 spiro atoms. The number of aliphatic hydroxyl groups excluding tert-OH is 1. The van der Waals surface area contributed by atoms with E-state index in [9.17, 15) is 27.9 Å². The molecule has 1 aromatic heterocycles. The monoisotopic (exact) mass is 459 g/mol. The molecule has 0 aliphatic carbocycles. The average molecular weight is 460 g/mol. The third kappa shape index (κ3) is 7.12. The van der Waals surface area contributed by atoms with Gasteiger partial charge in [0.25, 0.3) is 0 Å². The normalized spacial score (nSPS) is 19.7. The molecule has 0 saturated carbocycles. The van der Waals surface area contributed by atoms with Crippen LogP contribution in [-0.2, 0) is 20.5 Å². The predicted octanol–water partition coefficient (Wildman–Crippen LogP) is 5.03. The molecule has 0 radical (unpaired) electrons. The molecular formula is C23H32F3NO5. The second-order valence-corrected chi connectivity index (χ2v) is 8.65. The molecule has 0 bridgehead atoms. The van der Waals surface area contributed by atoms with Crippen molar-refractivity contribution in [2.24, 2.45) is 5.41 Å². The summed E-state index contributed by atoms with van der Waals surface area (Å²) in [7, 11) is 0. The van der Waals surface area contributed by atoms with Gasteiger partial charge in [0.05, 0.1) is 12.6 Å². The molecule has 6 nitrogen and oxygen atoms in total. The topological polar surface area (TPSA) is 80.0 Å². The number of nitrogens with zero attached hydrogens (tertiary/aromatic N) is 1. The fourth-order valence-corrected chi connectivity index (χ4v) is 3.83. The molecule has 2 rings (SSSR count). The average Bonchev–Trinajstić information content (AvgIpc) is 3.28. The SMILES string of the molecule is CCOC(=O)CCCCCCN1C(=O)C(C)(C)CC1C=C[C@@H](O)c1ccc(C(F)(F)F)o1. The van der Waals surface area contributed by atoms with Crippen molar-refractivity contribution in [3.05, 3.63) is 35.8 Å². The molecule has 9 heteroatoms. The number of rotatable bonds is 11. The second-order valence-electron chi connectivity index (χ2n) is 8.65. The van der Waals surface area contributed by atoms with E-state index in [2.05, 4.69) is 0 Å². The molecule has 180 valence electrons. The van der Waals surface area contributed by atoms with E-state index >= 15 is 0 Å². The maximum atomic E-state index is 12.8. The Bertz CT molecular complexity index is 800. The molecule has 1 unspecified atom stereocenters. The number of ether oxygens (including phenoxy) is 1. The molecule has 1 saturated heterocycles. The summed E-state index contributed by atoms with van der Waals surface area (Å²) in [5, 5.41) is 10.2. The highest BCUT2D eigenvalue weighted by atomic mass is 19.4. The molecule has 2 atom stereocenters. The lowest BCUT2D eigenvalue weighted by Gasteiger charge is -2.23. The van der Waals surface area contributed by atoms with E-state index in [0.717, 1.165) is 37.8 Å². The number of carbonyl (C=O) groups is 2. The Hall–Kier alpha value is -2.29. The summed E-state index contributed by atoms with van der Waals surface area (Å²) in [5.74, 6) is -1.57. The van der Waals surface area contributed by atoms with Gasteiger partial charge in [0.2, 0.25) is 11.7 Å². The number of likely N-dealkylation sites (tertiary alicyclic amines) is 1. The first-order valence-electron chi connectivity index (χ1n) is 11.0. The number of aliphatic hydroxyl groups is 1. The summed E-state index contributed by atoms with van der Waals surface area (Å²) in [6, 6.07) is 1.61. The summed E-state index contributed by atoms with van der Waals surface area (Å²) < 4.78 is 47.7. The minimum absolute atomic E-state index is 0.00511. The Morgan fingerprint density at radius 2 is 2.00 bits per heavy atom. The fraction of sp³-hybridized carbons (Fsp3) is 0.652. The third-order valence-corrected chi connectivity index (χ3v) is 5.51. The van der Waals surface area contributed by atoms with Crippen molar-refractivity contribution in [1.82, 2.24) is 4.90 Å². The van der Waals surface area contributed by atoms with Crippen LogP contribution in [0.25, 0.3) is 0 Å². The number of halogens is 3. The van der Waals surface area contributed by atoms with Crippen molar-refractivity contribution in [2.75, 3.05) is 13.2 Å². The van der Waals surface area contributed by atoms with Crippen molar-refractivity contribution in [2.45, 2.75) is 77.6 Å². The number of amides is 1. The van der Waals surface area contributed by atoms with Gasteiger partial charge in [-0.2, -0.15) is 13.2 Å². The Balaban J connectivity index is 1.90. The summed E-state index contributed by atoms with van der Waals surface area (Å²) >= 11 is 0. The lowest BCUT2D eigenvalue weighted by atomic mass is 9.90. The molecule has 0 aromatic carbocycles. The summed E-state index contributed by atoms with van der Waals surface area (Å²) in [5.41, 5.74) is -0.558. The van der Waals surface area contributed by atoms with Gasteiger partial charge >= 0.3 is 12.1 Å². The maximum Gasteiger partial charge on any atom is 0.449 e. The summed E-state index contributed by atoms with van der Waals surface area (Å²) in [4.78, 5) is 25.9. The predicted molar refractivity (Wildman–Crippen MR) is 111 cm³/mol. The number of hydrogen-bond donors (Lipinski definition) is 1. The largest absolute Gasteiger partial charge is 0.466 e. The zero-order valence-electron chi connectivity index (χ0n) is 18.8. The fourth-order valence-electron chi connectivity index (χ4n) is 3.83. The van der Waals surface area contributed by atoms with Crippen molar-refractivity contribution < 1.29 is 37.0 Å². The molecule has 32 heavy (non-hydrogen) atoms. The summed E-state index contributed by atoms with van der Waals surface area (Å²) in [6.07, 6.45) is 1.21. The van der Waals surface area contributed by atoms with Crippen LogP contribution in [0.2, 0.25) is 0 Å². The first-order valence-corrected chi connectivity index (χ1v) is 11.0. The minimum atomic E-state index is -4.61. The first-order chi connectivity index (χ1) is 15.0. The lowest BCUT2D eigenvalue weighted by molar-refractivity contribution is -0.153. The van der Waals surface area contributed by atoms with E-state index in [1.807, 2.05) is 13.8 Å². The highest BCUT2D eigenvalue weighted by Gasteiger charge is 2.43. The number of carbonyl (C=O) groups excluding carboxylic acids is 2. The van der Waals surface area contributed by atoms with Crippen LogP contribution < -0.4 is 0 Å². The molecule has 2 heterocycles. The minimum Gasteiger partial charge on any atom is -0.466 e. The zero-order chi connectivity index (χ0) is 23.9. The number of alkyl halides is 3. The molecule has 1 aliphatic heterocycles. The van der Waals surface area contributed by atoms with Gasteiger partial charge in [-0.25, -0.2) is 0 Å². The van der Waals surface area contributed by atoms with Crippen LogP contribution in [0, 0.1) is 5.41 Å². The van der Waals surface area contributed by atoms with Gasteiger partial charge in [0, 0.05) is 18.4 Å². The van der Waals surface area contributed by atoms with Crippen LogP contribution in [0.3, 0.4) is 0 Å². The molecule has 1 N–H and O–H groups in total. The van der Waals surface area contributed by atoms with Gasteiger partial charge in [-0.05, 0) is 38.3 Å². The molecule has 1 aromatic rings. The van der Waals surface area contributed by atoms with Crippen molar-refractivity contribution in [1.29, 1.82) is 0 Å². The van der Waals surface area contributed by atoms with Crippen LogP contribution in [0.15, 0.2) is 28.7 Å². The van der Waals surface area contributed by atoms with Crippen molar-refractivity contribution in [3.8, 4) is 0 Å². The molecule has 1 aliphatic rings. The summed E-state index contributed by atoms with van der Waals surface area (Å²) in [6.45, 7) is 6.39. The van der Waals surface area contributed by atoms with Crippen LogP contribution >= 0.6 is 0 Å². The van der Waals surface area contributed by atoms with Gasteiger partial charge in [-0.15, -0.1) is 0 Å². The lowest BCUT2D eigenvalue weighted by Crippen LogP contribution is -2.35. The van der Waals surface area contributed by atoms with Crippen LogP contribution in [0.4, 0.5) is 13.2 Å². The molecular weight excluding hydrogens is 427 g/mol. The van der Waals surface area contributed by atoms with E-state index in [1.165, 1.54) is 6.08 Å². The molecule has 1 fully saturated rings. The standard InChI is InChI=1S/C23H32F3NO5/c1-4-31-20(29)9-7-5-6-8-14-27-16(15-22(2,3)21(27)30)10-11-17(28)18-12-13-19(32-18)23(24,25)26/h10-13,16-17,28H,4-9,14-15H2,1-3H3/t16?,17-/m1/s1. The van der Waals surface area contributed by atoms with E-state index in [1.54, 1.807) is 17.9 Å². The van der Waals surface area contributed by atoms with Crippen molar-refractivity contribution in [3.63, 3.8) is 0 Å². The smallest absolute Gasteiger partial charge is 0.449 e. The van der Waals surface area contributed by atoms with E-state index in [-0.39, 0.29) is 23.7 Å². The molecule has 1 amide bonds. The van der Waals surface area contributed by atoms with Gasteiger partial charge in [0.1, 0.15) is 11.9 Å². The highest BCUT2D eigenvalue weighted by Crippen LogP contribution is 2.37. The second kappa shape index (κ2) is 11.0. The van der Waals surface area contributed by atoms with E-state index in [0.29, 0.717) is 26.0 Å². The Labute approximate surface area is 186 Å².